The monoisotopic (exact) mass is 281 g/mol. The summed E-state index contributed by atoms with van der Waals surface area (Å²) >= 11 is 0. The lowest BCUT2D eigenvalue weighted by atomic mass is 10.2. The molecular formula is C7H9F4O5S-. The van der Waals surface area contributed by atoms with E-state index in [9.17, 15) is 35.3 Å². The molecule has 0 unspecified atom stereocenters. The largest absolute Gasteiger partial charge is 0.743 e. The molecule has 0 N–H and O–H groups in total. The maximum absolute atomic E-state index is 12.7. The minimum absolute atomic E-state index is 0.151. The molecule has 0 aliphatic rings. The number of ether oxygens (including phenoxy) is 1. The van der Waals surface area contributed by atoms with Gasteiger partial charge in [0.25, 0.3) is 0 Å². The predicted octanol–water partition coefficient (Wildman–Crippen LogP) is 1.10. The zero-order valence-electron chi connectivity index (χ0n) is 8.58. The average Bonchev–Trinajstić information content (AvgIpc) is 2.15. The molecule has 0 saturated heterocycles. The van der Waals surface area contributed by atoms with Crippen LogP contribution >= 0.6 is 0 Å². The van der Waals surface area contributed by atoms with Crippen molar-refractivity contribution in [3.63, 3.8) is 0 Å². The van der Waals surface area contributed by atoms with Crippen LogP contribution in [0.15, 0.2) is 0 Å². The van der Waals surface area contributed by atoms with Gasteiger partial charge in [-0.1, -0.05) is 6.92 Å². The summed E-state index contributed by atoms with van der Waals surface area (Å²) < 4.78 is 84.5. The molecule has 0 aliphatic carbocycles. The molecule has 102 valence electrons. The van der Waals surface area contributed by atoms with Gasteiger partial charge in [-0.15, -0.1) is 0 Å². The SMILES string of the molecule is CCC(=O)OCCC(F)(F)C(F)(F)S(=O)(=O)[O-]. The van der Waals surface area contributed by atoms with Crippen LogP contribution in [0.5, 0.6) is 0 Å². The molecular weight excluding hydrogens is 272 g/mol. The molecule has 0 fully saturated rings. The number of hydrogen-bond acceptors (Lipinski definition) is 5. The molecule has 0 aromatic carbocycles. The van der Waals surface area contributed by atoms with Gasteiger partial charge in [0.15, 0.2) is 10.1 Å². The summed E-state index contributed by atoms with van der Waals surface area (Å²) in [7, 11) is -6.49. The Morgan fingerprint density at radius 3 is 2.12 bits per heavy atom. The Labute approximate surface area is 94.5 Å². The highest BCUT2D eigenvalue weighted by atomic mass is 32.2. The van der Waals surface area contributed by atoms with Crippen molar-refractivity contribution in [1.29, 1.82) is 0 Å². The zero-order valence-corrected chi connectivity index (χ0v) is 9.40. The maximum Gasteiger partial charge on any atom is 0.396 e. The molecule has 0 heterocycles. The summed E-state index contributed by atoms with van der Waals surface area (Å²) in [4.78, 5) is 10.5. The van der Waals surface area contributed by atoms with Crippen LogP contribution in [0.25, 0.3) is 0 Å². The molecule has 0 aliphatic heterocycles. The minimum Gasteiger partial charge on any atom is -0.743 e. The summed E-state index contributed by atoms with van der Waals surface area (Å²) in [6.45, 7) is 0.238. The fraction of sp³-hybridized carbons (Fsp3) is 0.857. The van der Waals surface area contributed by atoms with E-state index in [1.807, 2.05) is 0 Å². The summed E-state index contributed by atoms with van der Waals surface area (Å²) in [5, 5.41) is -5.74. The summed E-state index contributed by atoms with van der Waals surface area (Å²) in [5.74, 6) is -6.00. The third kappa shape index (κ3) is 3.80. The van der Waals surface area contributed by atoms with Gasteiger partial charge in [0, 0.05) is 6.42 Å². The first kappa shape index (κ1) is 16.1. The van der Waals surface area contributed by atoms with Crippen molar-refractivity contribution >= 4 is 16.1 Å². The maximum atomic E-state index is 12.7. The Kier molecular flexibility index (Phi) is 4.90. The molecule has 0 amide bonds. The third-order valence-electron chi connectivity index (χ3n) is 1.71. The van der Waals surface area contributed by atoms with Crippen LogP contribution in [0.1, 0.15) is 19.8 Å². The van der Waals surface area contributed by atoms with E-state index in [0.717, 1.165) is 0 Å². The van der Waals surface area contributed by atoms with Gasteiger partial charge in [-0.25, -0.2) is 8.42 Å². The lowest BCUT2D eigenvalue weighted by Gasteiger charge is -2.28. The van der Waals surface area contributed by atoms with E-state index in [-0.39, 0.29) is 6.42 Å². The van der Waals surface area contributed by atoms with Crippen molar-refractivity contribution < 1.29 is 40.1 Å². The van der Waals surface area contributed by atoms with Crippen molar-refractivity contribution in [2.24, 2.45) is 0 Å². The van der Waals surface area contributed by atoms with Gasteiger partial charge >= 0.3 is 17.1 Å². The van der Waals surface area contributed by atoms with E-state index in [1.165, 1.54) is 6.92 Å². The summed E-state index contributed by atoms with van der Waals surface area (Å²) in [6.07, 6.45) is -1.91. The van der Waals surface area contributed by atoms with Crippen LogP contribution in [0.2, 0.25) is 0 Å². The molecule has 17 heavy (non-hydrogen) atoms. The molecule has 0 aromatic rings. The fourth-order valence-corrected chi connectivity index (χ4v) is 1.19. The molecule has 10 heteroatoms. The quantitative estimate of drug-likeness (QED) is 0.413. The number of carbonyl (C=O) groups excluding carboxylic acids is 1. The number of rotatable bonds is 6. The van der Waals surface area contributed by atoms with E-state index in [4.69, 9.17) is 0 Å². The number of alkyl halides is 4. The van der Waals surface area contributed by atoms with E-state index < -0.39 is 40.3 Å². The van der Waals surface area contributed by atoms with E-state index in [0.29, 0.717) is 0 Å². The lowest BCUT2D eigenvalue weighted by Crippen LogP contribution is -2.47. The standard InChI is InChI=1S/C7H10F4O5S/c1-2-5(12)16-4-3-6(8,9)7(10,11)17(13,14)15/h2-4H2,1H3,(H,13,14,15)/p-1. The molecule has 5 nitrogen and oxygen atoms in total. The van der Waals surface area contributed by atoms with Gasteiger partial charge in [0.1, 0.15) is 0 Å². The van der Waals surface area contributed by atoms with Gasteiger partial charge in [0.2, 0.25) is 0 Å². The normalized spacial score (nSPS) is 13.5. The zero-order chi connectivity index (χ0) is 13.9. The number of esters is 1. The molecule has 0 spiro atoms. The number of halogens is 4. The topological polar surface area (TPSA) is 83.5 Å². The first-order valence-corrected chi connectivity index (χ1v) is 5.73. The van der Waals surface area contributed by atoms with Gasteiger partial charge < -0.3 is 9.29 Å². The van der Waals surface area contributed by atoms with E-state index in [1.54, 1.807) is 0 Å². The second kappa shape index (κ2) is 5.17. The van der Waals surface area contributed by atoms with Crippen LogP contribution in [0.3, 0.4) is 0 Å². The highest BCUT2D eigenvalue weighted by Gasteiger charge is 2.61. The highest BCUT2D eigenvalue weighted by molar-refractivity contribution is 7.86. The minimum atomic E-state index is -6.49. The fourth-order valence-electron chi connectivity index (χ4n) is 0.724. The Hall–Kier alpha value is -0.900. The van der Waals surface area contributed by atoms with Crippen LogP contribution in [0.4, 0.5) is 17.6 Å². The van der Waals surface area contributed by atoms with Crippen molar-refractivity contribution in [1.82, 2.24) is 0 Å². The van der Waals surface area contributed by atoms with Crippen LogP contribution in [-0.2, 0) is 19.6 Å². The van der Waals surface area contributed by atoms with Crippen molar-refractivity contribution in [3.8, 4) is 0 Å². The predicted molar refractivity (Wildman–Crippen MR) is 45.5 cm³/mol. The number of carbonyl (C=O) groups is 1. The Balaban J connectivity index is 4.64. The second-order valence-corrected chi connectivity index (χ2v) is 4.42. The van der Waals surface area contributed by atoms with Gasteiger partial charge in [0.05, 0.1) is 13.0 Å². The van der Waals surface area contributed by atoms with Crippen molar-refractivity contribution in [3.05, 3.63) is 0 Å². The van der Waals surface area contributed by atoms with E-state index in [2.05, 4.69) is 4.74 Å². The van der Waals surface area contributed by atoms with Crippen LogP contribution < -0.4 is 0 Å². The molecule has 0 bridgehead atoms. The van der Waals surface area contributed by atoms with Crippen molar-refractivity contribution in [2.75, 3.05) is 6.61 Å². The number of hydrogen-bond donors (Lipinski definition) is 0. The van der Waals surface area contributed by atoms with Crippen molar-refractivity contribution in [2.45, 2.75) is 30.9 Å². The Bertz CT molecular complexity index is 378. The molecule has 0 atom stereocenters. The summed E-state index contributed by atoms with van der Waals surface area (Å²) in [6, 6.07) is 0. The average molecular weight is 281 g/mol. The van der Waals surface area contributed by atoms with Gasteiger partial charge in [-0.3, -0.25) is 4.79 Å². The third-order valence-corrected chi connectivity index (χ3v) is 2.63. The molecule has 0 saturated carbocycles. The van der Waals surface area contributed by atoms with E-state index >= 15 is 0 Å². The van der Waals surface area contributed by atoms with Crippen LogP contribution in [0, 0.1) is 0 Å². The lowest BCUT2D eigenvalue weighted by molar-refractivity contribution is -0.174. The molecule has 0 rings (SSSR count). The molecule has 0 radical (unpaired) electrons. The van der Waals surface area contributed by atoms with Gasteiger partial charge in [-0.2, -0.15) is 17.6 Å². The smallest absolute Gasteiger partial charge is 0.396 e. The Morgan fingerprint density at radius 2 is 1.76 bits per heavy atom. The summed E-state index contributed by atoms with van der Waals surface area (Å²) in [5.41, 5.74) is 0. The second-order valence-electron chi connectivity index (χ2n) is 3.00. The van der Waals surface area contributed by atoms with Crippen LogP contribution in [-0.4, -0.2) is 36.7 Å². The van der Waals surface area contributed by atoms with Gasteiger partial charge in [-0.05, 0) is 0 Å². The Morgan fingerprint density at radius 1 is 1.29 bits per heavy atom. The first-order valence-electron chi connectivity index (χ1n) is 4.32. The first-order chi connectivity index (χ1) is 7.45. The molecule has 0 aromatic heterocycles. The highest BCUT2D eigenvalue weighted by Crippen LogP contribution is 2.40.